The quantitative estimate of drug-likeness (QED) is 0.771. The summed E-state index contributed by atoms with van der Waals surface area (Å²) < 4.78 is 0. The molecule has 0 aromatic heterocycles. The number of aromatic carboxylic acids is 1. The van der Waals surface area contributed by atoms with E-state index in [-0.39, 0.29) is 11.5 Å². The van der Waals surface area contributed by atoms with Crippen LogP contribution in [0.15, 0.2) is 42.5 Å². The smallest absolute Gasteiger partial charge is 0.335 e. The van der Waals surface area contributed by atoms with Gasteiger partial charge in [-0.25, -0.2) is 4.79 Å². The van der Waals surface area contributed by atoms with Crippen LogP contribution in [0.25, 0.3) is 0 Å². The van der Waals surface area contributed by atoms with Crippen molar-refractivity contribution in [2.45, 2.75) is 39.3 Å². The number of carbonyl (C=O) groups excluding carboxylic acids is 1. The second kappa shape index (κ2) is 7.21. The predicted molar refractivity (Wildman–Crippen MR) is 114 cm³/mol. The van der Waals surface area contributed by atoms with Crippen molar-refractivity contribution < 1.29 is 14.7 Å². The molecule has 2 N–H and O–H groups in total. The maximum Gasteiger partial charge on any atom is 0.335 e. The van der Waals surface area contributed by atoms with Gasteiger partial charge in [-0.15, -0.1) is 0 Å². The zero-order valence-corrected chi connectivity index (χ0v) is 18.3. The summed E-state index contributed by atoms with van der Waals surface area (Å²) >= 11 is 0. The third-order valence-electron chi connectivity index (χ3n) is 4.32. The van der Waals surface area contributed by atoms with Gasteiger partial charge in [-0.05, 0) is 24.3 Å². The molecule has 0 fully saturated rings. The number of hydrogen-bond acceptors (Lipinski definition) is 2. The van der Waals surface area contributed by atoms with Crippen molar-refractivity contribution in [3.8, 4) is 0 Å². The molecular formula is C20H27NO3Si2. The summed E-state index contributed by atoms with van der Waals surface area (Å²) in [6.07, 6.45) is 0. The Bertz CT molecular complexity index is 799. The van der Waals surface area contributed by atoms with Crippen LogP contribution in [-0.2, 0) is 0 Å². The zero-order chi connectivity index (χ0) is 19.7. The van der Waals surface area contributed by atoms with E-state index in [4.69, 9.17) is 5.11 Å². The molecule has 0 unspecified atom stereocenters. The molecule has 0 spiro atoms. The highest BCUT2D eigenvalue weighted by atomic mass is 28.3. The average Bonchev–Trinajstić information content (AvgIpc) is 2.53. The van der Waals surface area contributed by atoms with Crippen molar-refractivity contribution in [1.29, 1.82) is 0 Å². The molecule has 0 saturated carbocycles. The molecule has 0 aliphatic carbocycles. The van der Waals surface area contributed by atoms with E-state index < -0.39 is 22.1 Å². The van der Waals surface area contributed by atoms with Gasteiger partial charge in [0.05, 0.1) is 21.7 Å². The van der Waals surface area contributed by atoms with Crippen LogP contribution in [0, 0.1) is 0 Å². The lowest BCUT2D eigenvalue weighted by Crippen LogP contribution is -2.46. The summed E-state index contributed by atoms with van der Waals surface area (Å²) in [5, 5.41) is 14.4. The van der Waals surface area contributed by atoms with Gasteiger partial charge in [0.15, 0.2) is 0 Å². The predicted octanol–water partition coefficient (Wildman–Crippen LogP) is 3.73. The number of anilines is 1. The van der Waals surface area contributed by atoms with Crippen molar-refractivity contribution in [3.05, 3.63) is 53.6 Å². The van der Waals surface area contributed by atoms with Gasteiger partial charge in [0.2, 0.25) is 0 Å². The van der Waals surface area contributed by atoms with Crippen LogP contribution in [0.1, 0.15) is 20.7 Å². The monoisotopic (exact) mass is 385 g/mol. The Morgan fingerprint density at radius 2 is 1.23 bits per heavy atom. The van der Waals surface area contributed by atoms with Gasteiger partial charge in [0.1, 0.15) is 0 Å². The molecule has 0 bridgehead atoms. The maximum absolute atomic E-state index is 12.8. The molecule has 2 rings (SSSR count). The summed E-state index contributed by atoms with van der Waals surface area (Å²) in [6.45, 7) is 13.7. The Kier molecular flexibility index (Phi) is 5.58. The minimum Gasteiger partial charge on any atom is -0.478 e. The lowest BCUT2D eigenvalue weighted by atomic mass is 10.2. The Balaban J connectivity index is 2.37. The first-order chi connectivity index (χ1) is 11.9. The molecule has 0 heterocycles. The van der Waals surface area contributed by atoms with E-state index in [0.29, 0.717) is 11.3 Å². The number of benzene rings is 2. The number of carboxylic acids is 1. The Morgan fingerprint density at radius 3 is 1.62 bits per heavy atom. The number of rotatable bonds is 5. The SMILES string of the molecule is C[Si](C)(C)c1cc(C(=O)Nc2ccc(C(=O)O)cc2)cc([Si](C)(C)C)c1. The topological polar surface area (TPSA) is 66.4 Å². The van der Waals surface area contributed by atoms with Crippen molar-refractivity contribution in [2.75, 3.05) is 5.32 Å². The largest absolute Gasteiger partial charge is 0.478 e. The molecule has 4 nitrogen and oxygen atoms in total. The maximum atomic E-state index is 12.8. The van der Waals surface area contributed by atoms with Crippen LogP contribution in [-0.4, -0.2) is 33.1 Å². The summed E-state index contributed by atoms with van der Waals surface area (Å²) in [6, 6.07) is 12.5. The van der Waals surface area contributed by atoms with Crippen molar-refractivity contribution >= 4 is 44.1 Å². The molecular weight excluding hydrogens is 358 g/mol. The molecule has 0 aliphatic heterocycles. The van der Waals surface area contributed by atoms with Crippen molar-refractivity contribution in [1.82, 2.24) is 0 Å². The molecule has 2 aromatic carbocycles. The molecule has 0 radical (unpaired) electrons. The summed E-state index contributed by atoms with van der Waals surface area (Å²) in [5.41, 5.74) is 1.46. The first kappa shape index (κ1) is 20.1. The van der Waals surface area contributed by atoms with E-state index in [1.165, 1.54) is 22.5 Å². The van der Waals surface area contributed by atoms with Crippen molar-refractivity contribution in [3.63, 3.8) is 0 Å². The fourth-order valence-electron chi connectivity index (χ4n) is 2.52. The van der Waals surface area contributed by atoms with Gasteiger partial charge in [0.25, 0.3) is 5.91 Å². The Labute approximate surface area is 157 Å². The van der Waals surface area contributed by atoms with E-state index in [0.717, 1.165) is 0 Å². The summed E-state index contributed by atoms with van der Waals surface area (Å²) in [4.78, 5) is 23.7. The molecule has 0 aliphatic rings. The number of carbonyl (C=O) groups is 2. The van der Waals surface area contributed by atoms with Crippen LogP contribution < -0.4 is 15.7 Å². The number of amides is 1. The Hall–Kier alpha value is -2.19. The van der Waals surface area contributed by atoms with Gasteiger partial charge < -0.3 is 10.4 Å². The first-order valence-corrected chi connectivity index (χ1v) is 15.7. The molecule has 0 atom stereocenters. The van der Waals surface area contributed by atoms with Crippen molar-refractivity contribution in [2.24, 2.45) is 0 Å². The lowest BCUT2D eigenvalue weighted by Gasteiger charge is -2.24. The normalized spacial score (nSPS) is 11.9. The molecule has 6 heteroatoms. The van der Waals surface area contributed by atoms with E-state index in [2.05, 4.69) is 50.7 Å². The standard InChI is InChI=1S/C20H27NO3Si2/c1-25(2,3)17-11-15(12-18(13-17)26(4,5)6)19(22)21-16-9-7-14(8-10-16)20(23)24/h7-13H,1-6H3,(H,21,22)(H,23,24). The van der Waals surface area contributed by atoms with Crippen LogP contribution in [0.3, 0.4) is 0 Å². The van der Waals surface area contributed by atoms with Crippen LogP contribution in [0.2, 0.25) is 39.3 Å². The third-order valence-corrected chi connectivity index (χ3v) is 8.36. The van der Waals surface area contributed by atoms with E-state index in [1.807, 2.05) is 12.1 Å². The average molecular weight is 386 g/mol. The number of hydrogen-bond donors (Lipinski definition) is 2. The minimum absolute atomic E-state index is 0.160. The second-order valence-electron chi connectivity index (χ2n) is 8.64. The van der Waals surface area contributed by atoms with Gasteiger partial charge in [0, 0.05) is 11.3 Å². The van der Waals surface area contributed by atoms with Crippen LogP contribution >= 0.6 is 0 Å². The lowest BCUT2D eigenvalue weighted by molar-refractivity contribution is 0.0696. The molecule has 1 amide bonds. The van der Waals surface area contributed by atoms with Gasteiger partial charge in [-0.3, -0.25) is 4.79 Å². The first-order valence-electron chi connectivity index (χ1n) is 8.69. The fourth-order valence-corrected chi connectivity index (χ4v) is 5.02. The minimum atomic E-state index is -1.56. The Morgan fingerprint density at radius 1 is 0.769 bits per heavy atom. The molecule has 26 heavy (non-hydrogen) atoms. The molecule has 0 saturated heterocycles. The van der Waals surface area contributed by atoms with Gasteiger partial charge in [-0.2, -0.15) is 0 Å². The van der Waals surface area contributed by atoms with Crippen LogP contribution in [0.4, 0.5) is 5.69 Å². The summed E-state index contributed by atoms with van der Waals surface area (Å²) in [5.74, 6) is -1.14. The molecule has 2 aromatic rings. The second-order valence-corrected chi connectivity index (χ2v) is 18.8. The molecule has 138 valence electrons. The highest BCUT2D eigenvalue weighted by molar-refractivity contribution is 6.91. The highest BCUT2D eigenvalue weighted by Gasteiger charge is 2.24. The number of carboxylic acid groups (broad SMARTS) is 1. The van der Waals surface area contributed by atoms with E-state index in [1.54, 1.807) is 12.1 Å². The van der Waals surface area contributed by atoms with Crippen LogP contribution in [0.5, 0.6) is 0 Å². The van der Waals surface area contributed by atoms with Gasteiger partial charge in [-0.1, -0.05) is 67.9 Å². The number of nitrogens with one attached hydrogen (secondary N) is 1. The van der Waals surface area contributed by atoms with E-state index >= 15 is 0 Å². The zero-order valence-electron chi connectivity index (χ0n) is 16.3. The van der Waals surface area contributed by atoms with E-state index in [9.17, 15) is 9.59 Å². The fraction of sp³-hybridized carbons (Fsp3) is 0.300. The summed E-state index contributed by atoms with van der Waals surface area (Å²) in [7, 11) is -3.11. The van der Waals surface area contributed by atoms with Gasteiger partial charge >= 0.3 is 5.97 Å². The third kappa shape index (κ3) is 4.92. The highest BCUT2D eigenvalue weighted by Crippen LogP contribution is 2.13.